The van der Waals surface area contributed by atoms with E-state index in [0.29, 0.717) is 13.2 Å². The molecule has 2 nitrogen and oxygen atoms in total. The van der Waals surface area contributed by atoms with Gasteiger partial charge in [-0.15, -0.1) is 0 Å². The van der Waals surface area contributed by atoms with Gasteiger partial charge < -0.3 is 4.74 Å². The molecule has 0 aliphatic heterocycles. The van der Waals surface area contributed by atoms with Gasteiger partial charge in [-0.3, -0.25) is 4.79 Å². The maximum Gasteiger partial charge on any atom is 0.157 e. The molecule has 0 fully saturated rings. The molecule has 1 aromatic carbocycles. The molecular weight excluding hydrogens is 248 g/mol. The van der Waals surface area contributed by atoms with E-state index in [1.165, 1.54) is 17.2 Å². The molecule has 0 aliphatic carbocycles. The van der Waals surface area contributed by atoms with Gasteiger partial charge in [-0.05, 0) is 31.4 Å². The molecule has 0 radical (unpaired) electrons. The Morgan fingerprint density at radius 2 is 2.05 bits per heavy atom. The van der Waals surface area contributed by atoms with Gasteiger partial charge in [0, 0.05) is 5.92 Å². The lowest BCUT2D eigenvalue weighted by atomic mass is 10.00. The van der Waals surface area contributed by atoms with Crippen LogP contribution < -0.4 is 0 Å². The first-order chi connectivity index (χ1) is 9.63. The third kappa shape index (κ3) is 6.48. The molecule has 1 aromatic rings. The Bertz CT molecular complexity index is 446. The van der Waals surface area contributed by atoms with Crippen molar-refractivity contribution in [1.82, 2.24) is 0 Å². The molecule has 0 saturated heterocycles. The van der Waals surface area contributed by atoms with Gasteiger partial charge in [0.15, 0.2) is 5.78 Å². The summed E-state index contributed by atoms with van der Waals surface area (Å²) < 4.78 is 5.66. The van der Waals surface area contributed by atoms with Crippen LogP contribution in [0.1, 0.15) is 32.3 Å². The summed E-state index contributed by atoms with van der Waals surface area (Å²) in [4.78, 5) is 11.4. The topological polar surface area (TPSA) is 26.3 Å². The second-order valence-corrected chi connectivity index (χ2v) is 5.11. The monoisotopic (exact) mass is 272 g/mol. The number of carbonyl (C=O) groups is 1. The largest absolute Gasteiger partial charge is 0.372 e. The standard InChI is InChI=1S/C18H24O2/c1-4-18(19)16(3)10-8-9-15(2)13-20-14-17-11-6-5-7-12-17/h4-7,9,11-12,16H,1,8,10,13-14H2,2-3H3/b15-9-/t16-/m1/s1. The van der Waals surface area contributed by atoms with Crippen LogP contribution in [0.15, 0.2) is 54.6 Å². The highest BCUT2D eigenvalue weighted by molar-refractivity contribution is 5.90. The Morgan fingerprint density at radius 1 is 1.35 bits per heavy atom. The van der Waals surface area contributed by atoms with E-state index < -0.39 is 0 Å². The Morgan fingerprint density at radius 3 is 2.70 bits per heavy atom. The molecule has 1 rings (SSSR count). The maximum atomic E-state index is 11.4. The van der Waals surface area contributed by atoms with Gasteiger partial charge in [-0.1, -0.05) is 55.5 Å². The highest BCUT2D eigenvalue weighted by atomic mass is 16.5. The zero-order valence-corrected chi connectivity index (χ0v) is 12.5. The lowest BCUT2D eigenvalue weighted by Crippen LogP contribution is -2.06. The predicted octanol–water partition coefficient (Wildman–Crippen LogP) is 4.32. The SMILES string of the molecule is C=CC(=O)[C@H](C)CC/C=C(/C)COCc1ccccc1. The van der Waals surface area contributed by atoms with Crippen LogP contribution in [0.25, 0.3) is 0 Å². The number of ether oxygens (including phenoxy) is 1. The molecule has 1 atom stereocenters. The highest BCUT2D eigenvalue weighted by Crippen LogP contribution is 2.10. The van der Waals surface area contributed by atoms with E-state index in [2.05, 4.69) is 31.7 Å². The molecule has 0 heterocycles. The van der Waals surface area contributed by atoms with Crippen molar-refractivity contribution in [3.8, 4) is 0 Å². The maximum absolute atomic E-state index is 11.4. The van der Waals surface area contributed by atoms with Crippen LogP contribution in [0.4, 0.5) is 0 Å². The highest BCUT2D eigenvalue weighted by Gasteiger charge is 2.07. The minimum Gasteiger partial charge on any atom is -0.372 e. The van der Waals surface area contributed by atoms with Crippen molar-refractivity contribution >= 4 is 5.78 Å². The van der Waals surface area contributed by atoms with Gasteiger partial charge in [0.05, 0.1) is 13.2 Å². The molecule has 0 unspecified atom stereocenters. The number of rotatable bonds is 9. The van der Waals surface area contributed by atoms with Crippen LogP contribution in [0.5, 0.6) is 0 Å². The first-order valence-corrected chi connectivity index (χ1v) is 7.07. The van der Waals surface area contributed by atoms with Gasteiger partial charge in [0.2, 0.25) is 0 Å². The zero-order valence-electron chi connectivity index (χ0n) is 12.5. The summed E-state index contributed by atoms with van der Waals surface area (Å²) in [6.07, 6.45) is 5.32. The number of carbonyl (C=O) groups excluding carboxylic acids is 1. The third-order valence-corrected chi connectivity index (χ3v) is 3.22. The van der Waals surface area contributed by atoms with E-state index in [1.54, 1.807) is 0 Å². The van der Waals surface area contributed by atoms with E-state index in [0.717, 1.165) is 12.8 Å². The average Bonchev–Trinajstić information content (AvgIpc) is 2.47. The normalized spacial score (nSPS) is 13.0. The molecule has 2 heteroatoms. The first kappa shape index (κ1) is 16.4. The van der Waals surface area contributed by atoms with Crippen LogP contribution in [0, 0.1) is 5.92 Å². The molecule has 0 aliphatic rings. The second-order valence-electron chi connectivity index (χ2n) is 5.11. The number of allylic oxidation sites excluding steroid dienone is 2. The van der Waals surface area contributed by atoms with Gasteiger partial charge >= 0.3 is 0 Å². The Hall–Kier alpha value is -1.67. The summed E-state index contributed by atoms with van der Waals surface area (Å²) in [5.41, 5.74) is 2.39. The average molecular weight is 272 g/mol. The number of hydrogen-bond donors (Lipinski definition) is 0. The fourth-order valence-corrected chi connectivity index (χ4v) is 1.89. The molecular formula is C18H24O2. The number of ketones is 1. The van der Waals surface area contributed by atoms with Crippen LogP contribution in [0.3, 0.4) is 0 Å². The van der Waals surface area contributed by atoms with E-state index >= 15 is 0 Å². The number of hydrogen-bond acceptors (Lipinski definition) is 2. The molecule has 0 spiro atoms. The second kappa shape index (κ2) is 9.27. The summed E-state index contributed by atoms with van der Waals surface area (Å²) in [6, 6.07) is 10.1. The predicted molar refractivity (Wildman–Crippen MR) is 83.5 cm³/mol. The van der Waals surface area contributed by atoms with E-state index in [-0.39, 0.29) is 11.7 Å². The Balaban J connectivity index is 2.22. The summed E-state index contributed by atoms with van der Waals surface area (Å²) in [5.74, 6) is 0.179. The minimum atomic E-state index is 0.0572. The van der Waals surface area contributed by atoms with Gasteiger partial charge in [-0.25, -0.2) is 0 Å². The fraction of sp³-hybridized carbons (Fsp3) is 0.389. The van der Waals surface area contributed by atoms with Crippen molar-refractivity contribution in [2.75, 3.05) is 6.61 Å². The van der Waals surface area contributed by atoms with Crippen molar-refractivity contribution in [3.63, 3.8) is 0 Å². The van der Waals surface area contributed by atoms with Crippen molar-refractivity contribution in [2.24, 2.45) is 5.92 Å². The number of benzene rings is 1. The fourth-order valence-electron chi connectivity index (χ4n) is 1.89. The lowest BCUT2D eigenvalue weighted by molar-refractivity contribution is -0.117. The smallest absolute Gasteiger partial charge is 0.157 e. The van der Waals surface area contributed by atoms with Crippen molar-refractivity contribution < 1.29 is 9.53 Å². The van der Waals surface area contributed by atoms with Gasteiger partial charge in [0.25, 0.3) is 0 Å². The summed E-state index contributed by atoms with van der Waals surface area (Å²) in [7, 11) is 0. The molecule has 0 N–H and O–H groups in total. The molecule has 108 valence electrons. The van der Waals surface area contributed by atoms with Crippen molar-refractivity contribution in [3.05, 3.63) is 60.2 Å². The minimum absolute atomic E-state index is 0.0572. The van der Waals surface area contributed by atoms with Gasteiger partial charge in [0.1, 0.15) is 0 Å². The summed E-state index contributed by atoms with van der Waals surface area (Å²) in [6.45, 7) is 8.79. The van der Waals surface area contributed by atoms with E-state index in [1.807, 2.05) is 25.1 Å². The van der Waals surface area contributed by atoms with Crippen LogP contribution in [-0.2, 0) is 16.1 Å². The summed E-state index contributed by atoms with van der Waals surface area (Å²) in [5, 5.41) is 0. The lowest BCUT2D eigenvalue weighted by Gasteiger charge is -2.07. The Labute approximate surface area is 122 Å². The van der Waals surface area contributed by atoms with E-state index in [9.17, 15) is 4.79 Å². The van der Waals surface area contributed by atoms with Crippen LogP contribution in [-0.4, -0.2) is 12.4 Å². The molecule has 0 bridgehead atoms. The Kier molecular flexibility index (Phi) is 7.59. The third-order valence-electron chi connectivity index (χ3n) is 3.22. The molecule has 20 heavy (non-hydrogen) atoms. The molecule has 0 saturated carbocycles. The van der Waals surface area contributed by atoms with Gasteiger partial charge in [-0.2, -0.15) is 0 Å². The van der Waals surface area contributed by atoms with Crippen LogP contribution >= 0.6 is 0 Å². The van der Waals surface area contributed by atoms with Crippen LogP contribution in [0.2, 0.25) is 0 Å². The quantitative estimate of drug-likeness (QED) is 0.494. The first-order valence-electron chi connectivity index (χ1n) is 7.07. The van der Waals surface area contributed by atoms with E-state index in [4.69, 9.17) is 4.74 Å². The van der Waals surface area contributed by atoms with Crippen molar-refractivity contribution in [1.29, 1.82) is 0 Å². The summed E-state index contributed by atoms with van der Waals surface area (Å²) >= 11 is 0. The molecule has 0 aromatic heterocycles. The zero-order chi connectivity index (χ0) is 14.8. The van der Waals surface area contributed by atoms with Crippen molar-refractivity contribution in [2.45, 2.75) is 33.3 Å². The molecule has 0 amide bonds.